The summed E-state index contributed by atoms with van der Waals surface area (Å²) in [5.41, 5.74) is 1.79. The quantitative estimate of drug-likeness (QED) is 0.714. The van der Waals surface area contributed by atoms with Crippen molar-refractivity contribution in [1.29, 1.82) is 0 Å². The highest BCUT2D eigenvalue weighted by molar-refractivity contribution is 5.94. The highest BCUT2D eigenvalue weighted by Gasteiger charge is 2.27. The second kappa shape index (κ2) is 10.2. The number of ether oxygens (including phenoxy) is 1. The molecule has 1 fully saturated rings. The summed E-state index contributed by atoms with van der Waals surface area (Å²) in [5, 5.41) is 2.91. The van der Waals surface area contributed by atoms with E-state index in [1.54, 1.807) is 29.2 Å². The van der Waals surface area contributed by atoms with Crippen molar-refractivity contribution in [3.8, 4) is 0 Å². The van der Waals surface area contributed by atoms with Gasteiger partial charge in [0.05, 0.1) is 18.7 Å². The van der Waals surface area contributed by atoms with Crippen LogP contribution in [0.2, 0.25) is 0 Å². The summed E-state index contributed by atoms with van der Waals surface area (Å²) < 4.78 is 17.7. The average Bonchev–Trinajstić information content (AvgIpc) is 2.82. The Hall–Kier alpha value is -3.26. The Balaban J connectivity index is 1.47. The zero-order chi connectivity index (χ0) is 22.4. The van der Waals surface area contributed by atoms with E-state index >= 15 is 0 Å². The van der Waals surface area contributed by atoms with Crippen molar-refractivity contribution in [3.05, 3.63) is 71.0 Å². The zero-order valence-electron chi connectivity index (χ0n) is 17.6. The van der Waals surface area contributed by atoms with Gasteiger partial charge in [0.2, 0.25) is 5.91 Å². The van der Waals surface area contributed by atoms with E-state index in [9.17, 15) is 18.8 Å². The molecule has 1 aliphatic heterocycles. The maximum absolute atomic E-state index is 13.1. The molecule has 0 aromatic heterocycles. The first-order valence-electron chi connectivity index (χ1n) is 10.1. The van der Waals surface area contributed by atoms with Crippen LogP contribution in [0.1, 0.15) is 33.2 Å². The van der Waals surface area contributed by atoms with Crippen LogP contribution in [0, 0.1) is 5.82 Å². The van der Waals surface area contributed by atoms with Gasteiger partial charge in [0.15, 0.2) is 0 Å². The normalized spacial score (nSPS) is 15.3. The van der Waals surface area contributed by atoms with Crippen molar-refractivity contribution in [3.63, 3.8) is 0 Å². The molecule has 8 heteroatoms. The Kier molecular flexibility index (Phi) is 7.36. The molecule has 2 aromatic carbocycles. The minimum atomic E-state index is -0.402. The van der Waals surface area contributed by atoms with Crippen LogP contribution in [-0.4, -0.2) is 66.9 Å². The van der Waals surface area contributed by atoms with Gasteiger partial charge in [-0.05, 0) is 48.9 Å². The first-order valence-corrected chi connectivity index (χ1v) is 10.1. The highest BCUT2D eigenvalue weighted by Crippen LogP contribution is 2.12. The minimum Gasteiger partial charge on any atom is -0.465 e. The van der Waals surface area contributed by atoms with Crippen LogP contribution in [-0.2, 0) is 16.1 Å². The molecule has 31 heavy (non-hydrogen) atoms. The second-order valence-corrected chi connectivity index (χ2v) is 7.42. The van der Waals surface area contributed by atoms with Crippen molar-refractivity contribution in [2.75, 3.05) is 33.3 Å². The standard InChI is InChI=1S/C23H26FN3O4/c1-16(21(28)25-15-17-3-5-19(6-4-17)23(30)31-2)26-11-13-27(14-12-26)22(29)18-7-9-20(24)10-8-18/h3-10,16H,11-15H2,1-2H3,(H,25,28). The number of benzene rings is 2. The fourth-order valence-electron chi connectivity index (χ4n) is 3.47. The van der Waals surface area contributed by atoms with Gasteiger partial charge in [-0.25, -0.2) is 9.18 Å². The number of nitrogens with one attached hydrogen (secondary N) is 1. The molecule has 2 aromatic rings. The fraction of sp³-hybridized carbons (Fsp3) is 0.348. The molecule has 1 heterocycles. The predicted molar refractivity (Wildman–Crippen MR) is 113 cm³/mol. The lowest BCUT2D eigenvalue weighted by molar-refractivity contribution is -0.126. The molecular weight excluding hydrogens is 401 g/mol. The number of hydrogen-bond acceptors (Lipinski definition) is 5. The molecule has 0 spiro atoms. The van der Waals surface area contributed by atoms with E-state index in [1.807, 2.05) is 11.8 Å². The number of rotatable bonds is 6. The Bertz CT molecular complexity index is 923. The van der Waals surface area contributed by atoms with Gasteiger partial charge in [-0.2, -0.15) is 0 Å². The molecule has 3 rings (SSSR count). The molecule has 2 amide bonds. The number of amides is 2. The van der Waals surface area contributed by atoms with Crippen LogP contribution in [0.5, 0.6) is 0 Å². The van der Waals surface area contributed by atoms with E-state index in [2.05, 4.69) is 10.1 Å². The summed E-state index contributed by atoms with van der Waals surface area (Å²) >= 11 is 0. The molecule has 0 saturated carbocycles. The van der Waals surface area contributed by atoms with Crippen LogP contribution in [0.25, 0.3) is 0 Å². The zero-order valence-corrected chi connectivity index (χ0v) is 17.6. The highest BCUT2D eigenvalue weighted by atomic mass is 19.1. The molecule has 0 aliphatic carbocycles. The third-order valence-electron chi connectivity index (χ3n) is 5.46. The second-order valence-electron chi connectivity index (χ2n) is 7.42. The SMILES string of the molecule is COC(=O)c1ccc(CNC(=O)C(C)N2CCN(C(=O)c3ccc(F)cc3)CC2)cc1. The van der Waals surface area contributed by atoms with E-state index in [0.29, 0.717) is 43.9 Å². The number of hydrogen-bond donors (Lipinski definition) is 1. The molecule has 1 saturated heterocycles. The van der Waals surface area contributed by atoms with E-state index in [-0.39, 0.29) is 23.7 Å². The number of carbonyl (C=O) groups is 3. The first kappa shape index (κ1) is 22.4. The van der Waals surface area contributed by atoms with Gasteiger partial charge < -0.3 is 15.0 Å². The van der Waals surface area contributed by atoms with Crippen LogP contribution in [0.4, 0.5) is 4.39 Å². The lowest BCUT2D eigenvalue weighted by Crippen LogP contribution is -2.54. The van der Waals surface area contributed by atoms with Gasteiger partial charge in [-0.1, -0.05) is 12.1 Å². The summed E-state index contributed by atoms with van der Waals surface area (Å²) in [6.45, 7) is 4.36. The first-order chi connectivity index (χ1) is 14.9. The van der Waals surface area contributed by atoms with Crippen molar-refractivity contribution in [1.82, 2.24) is 15.1 Å². The smallest absolute Gasteiger partial charge is 0.337 e. The van der Waals surface area contributed by atoms with Crippen molar-refractivity contribution in [2.45, 2.75) is 19.5 Å². The number of methoxy groups -OCH3 is 1. The Labute approximate surface area is 180 Å². The molecule has 0 bridgehead atoms. The van der Waals surface area contributed by atoms with Crippen LogP contribution >= 0.6 is 0 Å². The fourth-order valence-corrected chi connectivity index (χ4v) is 3.47. The van der Waals surface area contributed by atoms with Crippen molar-refractivity contribution < 1.29 is 23.5 Å². The van der Waals surface area contributed by atoms with E-state index < -0.39 is 5.97 Å². The van der Waals surface area contributed by atoms with Crippen molar-refractivity contribution >= 4 is 17.8 Å². The summed E-state index contributed by atoms with van der Waals surface area (Å²) in [6, 6.07) is 12.1. The van der Waals surface area contributed by atoms with Gasteiger partial charge in [0, 0.05) is 38.3 Å². The lowest BCUT2D eigenvalue weighted by Gasteiger charge is -2.37. The molecule has 1 unspecified atom stereocenters. The van der Waals surface area contributed by atoms with Gasteiger partial charge in [-0.3, -0.25) is 14.5 Å². The summed E-state index contributed by atoms with van der Waals surface area (Å²) in [6.07, 6.45) is 0. The van der Waals surface area contributed by atoms with Crippen LogP contribution in [0.15, 0.2) is 48.5 Å². The summed E-state index contributed by atoms with van der Waals surface area (Å²) in [7, 11) is 1.33. The monoisotopic (exact) mass is 427 g/mol. The Morgan fingerprint density at radius 2 is 1.55 bits per heavy atom. The number of esters is 1. The lowest BCUT2D eigenvalue weighted by atomic mass is 10.1. The van der Waals surface area contributed by atoms with Crippen molar-refractivity contribution in [2.24, 2.45) is 0 Å². The predicted octanol–water partition coefficient (Wildman–Crippen LogP) is 2.07. The van der Waals surface area contributed by atoms with Gasteiger partial charge in [0.25, 0.3) is 5.91 Å². The van der Waals surface area contributed by atoms with Gasteiger partial charge in [0.1, 0.15) is 5.82 Å². The molecule has 1 aliphatic rings. The molecule has 1 atom stereocenters. The van der Waals surface area contributed by atoms with E-state index in [1.165, 1.54) is 31.4 Å². The number of piperazine rings is 1. The average molecular weight is 427 g/mol. The topological polar surface area (TPSA) is 79.0 Å². The summed E-state index contributed by atoms with van der Waals surface area (Å²) in [4.78, 5) is 40.3. The van der Waals surface area contributed by atoms with Gasteiger partial charge in [-0.15, -0.1) is 0 Å². The molecule has 0 radical (unpaired) electrons. The minimum absolute atomic E-state index is 0.102. The van der Waals surface area contributed by atoms with E-state index in [4.69, 9.17) is 0 Å². The Morgan fingerprint density at radius 1 is 0.968 bits per heavy atom. The summed E-state index contributed by atoms with van der Waals surface area (Å²) in [5.74, 6) is -1.01. The molecule has 164 valence electrons. The van der Waals surface area contributed by atoms with Gasteiger partial charge >= 0.3 is 5.97 Å². The number of carbonyl (C=O) groups excluding carboxylic acids is 3. The number of halogens is 1. The molecular formula is C23H26FN3O4. The molecule has 7 nitrogen and oxygen atoms in total. The third kappa shape index (κ3) is 5.67. The third-order valence-corrected chi connectivity index (χ3v) is 5.46. The molecule has 1 N–H and O–H groups in total. The number of nitrogens with zero attached hydrogens (tertiary/aromatic N) is 2. The van der Waals surface area contributed by atoms with Crippen LogP contribution in [0.3, 0.4) is 0 Å². The van der Waals surface area contributed by atoms with E-state index in [0.717, 1.165) is 5.56 Å². The van der Waals surface area contributed by atoms with Crippen LogP contribution < -0.4 is 5.32 Å². The Morgan fingerprint density at radius 3 is 2.13 bits per heavy atom. The maximum atomic E-state index is 13.1. The maximum Gasteiger partial charge on any atom is 0.337 e. The largest absolute Gasteiger partial charge is 0.465 e.